The maximum absolute atomic E-state index is 2.41. The van der Waals surface area contributed by atoms with Crippen LogP contribution >= 0.6 is 0 Å². The highest BCUT2D eigenvalue weighted by atomic mass is 15.0. The van der Waals surface area contributed by atoms with Crippen molar-refractivity contribution in [1.82, 2.24) is 27.4 Å². The van der Waals surface area contributed by atoms with Gasteiger partial charge in [-0.25, -0.2) is 0 Å². The van der Waals surface area contributed by atoms with E-state index in [1.54, 1.807) is 0 Å². The SMILES string of the molecule is c1ccc(-c2ccc(-c3ccc4c(c3)c3cc(-c5ccc6c7ccccc7n(-c7ccccc7)c6c5)ccc3n4-c3ccccc3)cc2)cc1.c1ccc(-c2ccc3c(c2)c2cc(-c4ccc5c6cc(-c7ccccc7)ccc6n(-c6ccccc6)c5c4)ccc2n3-c2ccccc2)cc1.c1ccc(-c2ccc3c(c2)c2cc(-c4ccc5c6ccccc6n(-c6ccccc6)c5c4)ccc2n3-c2ccccc2)cc1. The molecule has 6 nitrogen and oxygen atoms in total. The Balaban J connectivity index is 0.000000108. The van der Waals surface area contributed by atoms with Crippen LogP contribution in [0.25, 0.3) is 254 Å². The topological polar surface area (TPSA) is 29.6 Å². The lowest BCUT2D eigenvalue weighted by molar-refractivity contribution is 1.18. The fourth-order valence-electron chi connectivity index (χ4n) is 22.3. The molecule has 0 aliphatic rings. The van der Waals surface area contributed by atoms with E-state index in [0.29, 0.717) is 0 Å². The molecule has 29 aromatic rings. The van der Waals surface area contributed by atoms with E-state index in [0.717, 1.165) is 17.1 Å². The Morgan fingerprint density at radius 2 is 0.208 bits per heavy atom. The Hall–Kier alpha value is -19.1. The summed E-state index contributed by atoms with van der Waals surface area (Å²) in [6, 6.07) is 202. The number of rotatable bonds is 14. The van der Waals surface area contributed by atoms with E-state index in [1.165, 1.54) is 237 Å². The lowest BCUT2D eigenvalue weighted by Gasteiger charge is -2.10. The third-order valence-electron chi connectivity index (χ3n) is 29.1. The predicted molar refractivity (Wildman–Crippen MR) is 609 cm³/mol. The smallest absolute Gasteiger partial charge is 0.0547 e. The molecular weight excluding hydrogens is 1740 g/mol. The van der Waals surface area contributed by atoms with E-state index >= 15 is 0 Å². The number of hydrogen-bond acceptors (Lipinski definition) is 0. The molecular formula is C138H92N6. The summed E-state index contributed by atoms with van der Waals surface area (Å²) in [5.41, 5.74) is 40.9. The molecule has 0 unspecified atom stereocenters. The molecule has 6 heteroatoms. The molecule has 6 heterocycles. The summed E-state index contributed by atoms with van der Waals surface area (Å²) in [5, 5.41) is 15.1. The number of benzene rings is 23. The average Bonchev–Trinajstić information content (AvgIpc) is 1.59. The first-order valence-corrected chi connectivity index (χ1v) is 49.5. The zero-order valence-electron chi connectivity index (χ0n) is 78.8. The molecule has 0 aliphatic heterocycles. The zero-order valence-corrected chi connectivity index (χ0v) is 78.8. The van der Waals surface area contributed by atoms with Gasteiger partial charge in [0.1, 0.15) is 0 Å². The van der Waals surface area contributed by atoms with Gasteiger partial charge in [0.25, 0.3) is 0 Å². The summed E-state index contributed by atoms with van der Waals surface area (Å²) in [7, 11) is 0. The van der Waals surface area contributed by atoms with Gasteiger partial charge in [0.2, 0.25) is 0 Å². The number of aromatic nitrogens is 6. The highest BCUT2D eigenvalue weighted by Crippen LogP contribution is 2.47. The van der Waals surface area contributed by atoms with E-state index in [9.17, 15) is 0 Å². The molecule has 0 N–H and O–H groups in total. The van der Waals surface area contributed by atoms with Gasteiger partial charge in [-0.1, -0.05) is 370 Å². The molecule has 0 fully saturated rings. The average molecular weight is 1830 g/mol. The molecule has 674 valence electrons. The highest BCUT2D eigenvalue weighted by Gasteiger charge is 2.24. The first-order chi connectivity index (χ1) is 71.4. The fourth-order valence-corrected chi connectivity index (χ4v) is 22.3. The summed E-state index contributed by atoms with van der Waals surface area (Å²) in [4.78, 5) is 0. The van der Waals surface area contributed by atoms with Crippen LogP contribution in [-0.2, 0) is 0 Å². The Morgan fingerprint density at radius 3 is 0.444 bits per heavy atom. The van der Waals surface area contributed by atoms with Crippen molar-refractivity contribution in [1.29, 1.82) is 0 Å². The Bertz CT molecular complexity index is 9940. The summed E-state index contributed by atoms with van der Waals surface area (Å²) < 4.78 is 14.4. The van der Waals surface area contributed by atoms with Gasteiger partial charge in [-0.3, -0.25) is 0 Å². The van der Waals surface area contributed by atoms with Gasteiger partial charge in [-0.2, -0.15) is 0 Å². The molecule has 23 aromatic carbocycles. The van der Waals surface area contributed by atoms with Crippen molar-refractivity contribution in [3.05, 3.63) is 558 Å². The quantitative estimate of drug-likeness (QED) is 0.104. The standard InChI is InChI=1S/2C48H32N2.C42H28N2/c1-5-13-33(14-6-1)35-22-26-45-42(29-35)41-25-21-38(32-48(41)50(45)40-19-11-4-12-20-40)37-24-28-47-44(31-37)43-30-36(34-15-7-2-8-16-34)23-27-46(43)49(47)39-17-9-3-10-18-39;1-4-12-33(13-5-1)34-20-22-35(23-21-34)36-25-28-46-43(30-36)44-31-37(26-29-47(44)49(46)39-14-6-2-7-15-39)38-24-27-42-41-18-10-11-19-45(41)50(48(42)32-38)40-16-8-3-9-17-40;1-4-12-29(13-5-1)30-21-24-40-37(26-30)38-27-31(22-25-41(38)43(40)33-14-6-2-7-15-33)32-20-23-36-35-18-10-11-19-39(35)44(42(36)28-32)34-16-8-3-9-17-34/h2*1-32H;1-28H. The van der Waals surface area contributed by atoms with Gasteiger partial charge in [0, 0.05) is 98.8 Å². The molecule has 0 aliphatic carbocycles. The summed E-state index contributed by atoms with van der Waals surface area (Å²) in [5.74, 6) is 0. The van der Waals surface area contributed by atoms with E-state index < -0.39 is 0 Å². The van der Waals surface area contributed by atoms with Crippen molar-refractivity contribution in [2.24, 2.45) is 0 Å². The van der Waals surface area contributed by atoms with Crippen LogP contribution in [0.4, 0.5) is 0 Å². The van der Waals surface area contributed by atoms with Crippen molar-refractivity contribution in [3.8, 4) is 123 Å². The Labute approximate surface area is 833 Å². The minimum Gasteiger partial charge on any atom is -0.309 e. The third-order valence-corrected chi connectivity index (χ3v) is 29.1. The maximum atomic E-state index is 2.41. The maximum Gasteiger partial charge on any atom is 0.0547 e. The van der Waals surface area contributed by atoms with Crippen molar-refractivity contribution >= 4 is 131 Å². The van der Waals surface area contributed by atoms with Gasteiger partial charge in [-0.05, 0) is 277 Å². The first-order valence-electron chi connectivity index (χ1n) is 49.5. The number of fused-ring (bicyclic) bond motifs is 18. The molecule has 0 bridgehead atoms. The van der Waals surface area contributed by atoms with Gasteiger partial charge >= 0.3 is 0 Å². The van der Waals surface area contributed by atoms with Crippen LogP contribution in [0.2, 0.25) is 0 Å². The molecule has 0 spiro atoms. The largest absolute Gasteiger partial charge is 0.309 e. The minimum atomic E-state index is 1.16. The zero-order chi connectivity index (χ0) is 95.1. The molecule has 0 saturated heterocycles. The van der Waals surface area contributed by atoms with E-state index in [1.807, 2.05) is 0 Å². The molecule has 0 radical (unpaired) electrons. The lowest BCUT2D eigenvalue weighted by atomic mass is 9.98. The monoisotopic (exact) mass is 1830 g/mol. The highest BCUT2D eigenvalue weighted by molar-refractivity contribution is 6.18. The van der Waals surface area contributed by atoms with Crippen LogP contribution in [0, 0.1) is 0 Å². The second-order valence-electron chi connectivity index (χ2n) is 37.4. The normalized spacial score (nSPS) is 11.6. The molecule has 144 heavy (non-hydrogen) atoms. The Morgan fingerprint density at radius 1 is 0.0764 bits per heavy atom. The van der Waals surface area contributed by atoms with Gasteiger partial charge in [0.15, 0.2) is 0 Å². The van der Waals surface area contributed by atoms with Crippen molar-refractivity contribution in [2.45, 2.75) is 0 Å². The second kappa shape index (κ2) is 35.7. The van der Waals surface area contributed by atoms with E-state index in [4.69, 9.17) is 0 Å². The molecule has 29 rings (SSSR count). The predicted octanol–water partition coefficient (Wildman–Crippen LogP) is 37.0. The van der Waals surface area contributed by atoms with Crippen molar-refractivity contribution in [2.75, 3.05) is 0 Å². The summed E-state index contributed by atoms with van der Waals surface area (Å²) >= 11 is 0. The van der Waals surface area contributed by atoms with Crippen LogP contribution in [-0.4, -0.2) is 27.4 Å². The molecule has 0 atom stereocenters. The van der Waals surface area contributed by atoms with Crippen LogP contribution in [0.5, 0.6) is 0 Å². The van der Waals surface area contributed by atoms with Crippen LogP contribution in [0.1, 0.15) is 0 Å². The molecule has 6 aromatic heterocycles. The van der Waals surface area contributed by atoms with Crippen LogP contribution < -0.4 is 0 Å². The van der Waals surface area contributed by atoms with Crippen LogP contribution in [0.15, 0.2) is 558 Å². The summed E-state index contributed by atoms with van der Waals surface area (Å²) in [6.45, 7) is 0. The van der Waals surface area contributed by atoms with E-state index in [-0.39, 0.29) is 0 Å². The minimum absolute atomic E-state index is 1.16. The molecule has 0 amide bonds. The van der Waals surface area contributed by atoms with Crippen LogP contribution in [0.3, 0.4) is 0 Å². The Kier molecular flexibility index (Phi) is 20.9. The number of nitrogens with zero attached hydrogens (tertiary/aromatic N) is 6. The molecule has 0 saturated carbocycles. The third kappa shape index (κ3) is 14.8. The van der Waals surface area contributed by atoms with Crippen molar-refractivity contribution in [3.63, 3.8) is 0 Å². The van der Waals surface area contributed by atoms with Gasteiger partial charge in [-0.15, -0.1) is 0 Å². The lowest BCUT2D eigenvalue weighted by Crippen LogP contribution is -1.94. The first kappa shape index (κ1) is 84.2. The number of para-hydroxylation sites is 8. The second-order valence-corrected chi connectivity index (χ2v) is 37.4. The van der Waals surface area contributed by atoms with E-state index in [2.05, 4.69) is 586 Å². The van der Waals surface area contributed by atoms with Gasteiger partial charge in [0.05, 0.1) is 66.2 Å². The van der Waals surface area contributed by atoms with Gasteiger partial charge < -0.3 is 27.4 Å². The number of hydrogen-bond donors (Lipinski definition) is 0. The summed E-state index contributed by atoms with van der Waals surface area (Å²) in [6.07, 6.45) is 0. The van der Waals surface area contributed by atoms with Crippen molar-refractivity contribution < 1.29 is 0 Å². The fraction of sp³-hybridized carbons (Fsp3) is 0.